The largest absolute Gasteiger partial charge is 0.393 e. The van der Waals surface area contributed by atoms with E-state index in [1.807, 2.05) is 24.3 Å². The lowest BCUT2D eigenvalue weighted by atomic mass is 10.00. The number of unbranched alkanes of at least 4 members (excludes halogenated alkanes) is 4. The molecule has 0 saturated carbocycles. The molecule has 106 valence electrons. The van der Waals surface area contributed by atoms with Crippen LogP contribution in [0.15, 0.2) is 24.3 Å². The van der Waals surface area contributed by atoms with Crippen LogP contribution in [0.5, 0.6) is 0 Å². The van der Waals surface area contributed by atoms with Crippen molar-refractivity contribution in [2.24, 2.45) is 0 Å². The number of rotatable bonds is 9. The molecule has 2 heteroatoms. The highest BCUT2D eigenvalue weighted by molar-refractivity contribution is 5.94. The molecule has 0 heterocycles. The molecular formula is C17H26O2. The van der Waals surface area contributed by atoms with Crippen LogP contribution in [-0.2, 0) is 6.42 Å². The predicted molar refractivity (Wildman–Crippen MR) is 79.5 cm³/mol. The van der Waals surface area contributed by atoms with Gasteiger partial charge in [-0.25, -0.2) is 0 Å². The van der Waals surface area contributed by atoms with E-state index >= 15 is 0 Å². The highest BCUT2D eigenvalue weighted by atomic mass is 16.3. The summed E-state index contributed by atoms with van der Waals surface area (Å²) in [5.74, 6) is 0.0795. The molecule has 1 rings (SSSR count). The van der Waals surface area contributed by atoms with Crippen LogP contribution in [0.2, 0.25) is 0 Å². The average Bonchev–Trinajstić information content (AvgIpc) is 2.38. The second-order valence-corrected chi connectivity index (χ2v) is 5.32. The van der Waals surface area contributed by atoms with Gasteiger partial charge in [-0.1, -0.05) is 57.2 Å². The lowest BCUT2D eigenvalue weighted by Gasteiger charge is -2.11. The van der Waals surface area contributed by atoms with Gasteiger partial charge in [0.25, 0.3) is 0 Å². The summed E-state index contributed by atoms with van der Waals surface area (Å²) in [4.78, 5) is 11.3. The quantitative estimate of drug-likeness (QED) is 0.536. The highest BCUT2D eigenvalue weighted by Crippen LogP contribution is 2.13. The summed E-state index contributed by atoms with van der Waals surface area (Å²) in [6, 6.07) is 7.58. The molecule has 0 aliphatic heterocycles. The second-order valence-electron chi connectivity index (χ2n) is 5.32. The topological polar surface area (TPSA) is 37.3 Å². The number of ketones is 1. The minimum atomic E-state index is -0.288. The van der Waals surface area contributed by atoms with Gasteiger partial charge in [-0.15, -0.1) is 0 Å². The van der Waals surface area contributed by atoms with Gasteiger partial charge >= 0.3 is 0 Å². The van der Waals surface area contributed by atoms with Crippen molar-refractivity contribution in [1.29, 1.82) is 0 Å². The molecule has 0 saturated heterocycles. The number of carbonyl (C=O) groups is 1. The van der Waals surface area contributed by atoms with Gasteiger partial charge in [0.05, 0.1) is 6.10 Å². The molecule has 1 aromatic rings. The number of hydrogen-bond acceptors (Lipinski definition) is 2. The van der Waals surface area contributed by atoms with Crippen molar-refractivity contribution in [2.45, 2.75) is 64.9 Å². The Kier molecular flexibility index (Phi) is 7.42. The van der Waals surface area contributed by atoms with Gasteiger partial charge in [-0.3, -0.25) is 4.79 Å². The van der Waals surface area contributed by atoms with Crippen molar-refractivity contribution < 1.29 is 9.90 Å². The molecule has 0 spiro atoms. The summed E-state index contributed by atoms with van der Waals surface area (Å²) >= 11 is 0. The molecule has 1 N–H and O–H groups in total. The first-order valence-electron chi connectivity index (χ1n) is 7.41. The van der Waals surface area contributed by atoms with Crippen molar-refractivity contribution in [3.63, 3.8) is 0 Å². The Balaban J connectivity index is 2.33. The summed E-state index contributed by atoms with van der Waals surface area (Å²) in [6.45, 7) is 3.78. The van der Waals surface area contributed by atoms with E-state index < -0.39 is 0 Å². The van der Waals surface area contributed by atoms with Crippen LogP contribution in [0.4, 0.5) is 0 Å². The van der Waals surface area contributed by atoms with Gasteiger partial charge < -0.3 is 5.11 Å². The molecule has 19 heavy (non-hydrogen) atoms. The van der Waals surface area contributed by atoms with Crippen molar-refractivity contribution in [1.82, 2.24) is 0 Å². The zero-order valence-corrected chi connectivity index (χ0v) is 12.2. The van der Waals surface area contributed by atoms with Crippen LogP contribution >= 0.6 is 0 Å². The molecule has 0 radical (unpaired) electrons. The number of aliphatic hydroxyl groups is 1. The number of benzene rings is 1. The fourth-order valence-corrected chi connectivity index (χ4v) is 2.27. The van der Waals surface area contributed by atoms with E-state index in [1.54, 1.807) is 6.92 Å². The molecule has 1 atom stereocenters. The van der Waals surface area contributed by atoms with Crippen molar-refractivity contribution >= 4 is 5.78 Å². The minimum Gasteiger partial charge on any atom is -0.393 e. The van der Waals surface area contributed by atoms with Crippen LogP contribution in [-0.4, -0.2) is 17.0 Å². The zero-order chi connectivity index (χ0) is 14.1. The highest BCUT2D eigenvalue weighted by Gasteiger charge is 2.07. The maximum atomic E-state index is 11.3. The first-order valence-corrected chi connectivity index (χ1v) is 7.41. The second kappa shape index (κ2) is 8.87. The lowest BCUT2D eigenvalue weighted by molar-refractivity contribution is 0.101. The summed E-state index contributed by atoms with van der Waals surface area (Å²) in [6.07, 6.45) is 7.32. The van der Waals surface area contributed by atoms with Gasteiger partial charge in [0.1, 0.15) is 0 Å². The molecule has 0 bridgehead atoms. The number of Topliss-reactive ketones (excluding diaryl/α,β-unsaturated/α-hetero) is 1. The van der Waals surface area contributed by atoms with Gasteiger partial charge in [0.2, 0.25) is 0 Å². The summed E-state index contributed by atoms with van der Waals surface area (Å²) in [5.41, 5.74) is 1.78. The number of hydrogen-bond donors (Lipinski definition) is 1. The molecule has 0 amide bonds. The standard InChI is InChI=1S/C17H26O2/c1-3-4-5-6-7-11-17(19)13-15-9-8-10-16(12-15)14(2)18/h8-10,12,17,19H,3-7,11,13H2,1-2H3. The summed E-state index contributed by atoms with van der Waals surface area (Å²) < 4.78 is 0. The van der Waals surface area contributed by atoms with E-state index in [9.17, 15) is 9.90 Å². The van der Waals surface area contributed by atoms with E-state index in [-0.39, 0.29) is 11.9 Å². The fraction of sp³-hybridized carbons (Fsp3) is 0.588. The van der Waals surface area contributed by atoms with Crippen LogP contribution in [0.25, 0.3) is 0 Å². The van der Waals surface area contributed by atoms with Crippen LogP contribution in [0.1, 0.15) is 68.3 Å². The minimum absolute atomic E-state index is 0.0795. The zero-order valence-electron chi connectivity index (χ0n) is 12.2. The maximum absolute atomic E-state index is 11.3. The van der Waals surface area contributed by atoms with Gasteiger partial charge in [0, 0.05) is 5.56 Å². The first-order chi connectivity index (χ1) is 9.13. The van der Waals surface area contributed by atoms with Crippen molar-refractivity contribution in [3.05, 3.63) is 35.4 Å². The van der Waals surface area contributed by atoms with Gasteiger partial charge in [0.15, 0.2) is 5.78 Å². The lowest BCUT2D eigenvalue weighted by Crippen LogP contribution is -2.10. The fourth-order valence-electron chi connectivity index (χ4n) is 2.27. The van der Waals surface area contributed by atoms with E-state index in [1.165, 1.54) is 25.7 Å². The van der Waals surface area contributed by atoms with Crippen molar-refractivity contribution in [3.8, 4) is 0 Å². The van der Waals surface area contributed by atoms with E-state index in [0.717, 1.165) is 24.0 Å². The van der Waals surface area contributed by atoms with Crippen LogP contribution < -0.4 is 0 Å². The summed E-state index contributed by atoms with van der Waals surface area (Å²) in [5, 5.41) is 10.0. The Hall–Kier alpha value is -1.15. The van der Waals surface area contributed by atoms with E-state index in [0.29, 0.717) is 6.42 Å². The van der Waals surface area contributed by atoms with Crippen LogP contribution in [0.3, 0.4) is 0 Å². The SMILES string of the molecule is CCCCCCCC(O)Cc1cccc(C(C)=O)c1. The Labute approximate surface area is 116 Å². The van der Waals surface area contributed by atoms with E-state index in [2.05, 4.69) is 6.92 Å². The molecule has 0 aliphatic rings. The molecule has 2 nitrogen and oxygen atoms in total. The van der Waals surface area contributed by atoms with E-state index in [4.69, 9.17) is 0 Å². The Morgan fingerprint density at radius 2 is 1.95 bits per heavy atom. The molecule has 0 aromatic heterocycles. The third-order valence-corrected chi connectivity index (χ3v) is 3.45. The summed E-state index contributed by atoms with van der Waals surface area (Å²) in [7, 11) is 0. The van der Waals surface area contributed by atoms with Gasteiger partial charge in [-0.05, 0) is 31.4 Å². The maximum Gasteiger partial charge on any atom is 0.159 e. The number of carbonyl (C=O) groups excluding carboxylic acids is 1. The first kappa shape index (κ1) is 15.9. The van der Waals surface area contributed by atoms with Crippen molar-refractivity contribution in [2.75, 3.05) is 0 Å². The molecule has 1 unspecified atom stereocenters. The molecule has 0 aliphatic carbocycles. The molecule has 1 aromatic carbocycles. The number of aliphatic hydroxyl groups excluding tert-OH is 1. The third kappa shape index (κ3) is 6.53. The normalized spacial score (nSPS) is 12.4. The smallest absolute Gasteiger partial charge is 0.159 e. The average molecular weight is 262 g/mol. The monoisotopic (exact) mass is 262 g/mol. The van der Waals surface area contributed by atoms with Crippen LogP contribution in [0, 0.1) is 0 Å². The molecule has 0 fully saturated rings. The Morgan fingerprint density at radius 1 is 1.21 bits per heavy atom. The molecular weight excluding hydrogens is 236 g/mol. The van der Waals surface area contributed by atoms with Gasteiger partial charge in [-0.2, -0.15) is 0 Å². The Morgan fingerprint density at radius 3 is 2.63 bits per heavy atom. The Bertz CT molecular complexity index is 385. The predicted octanol–water partition coefficient (Wildman–Crippen LogP) is 4.15. The third-order valence-electron chi connectivity index (χ3n) is 3.45.